The molecular weight excluding hydrogens is 408 g/mol. The van der Waals surface area contributed by atoms with E-state index >= 15 is 0 Å². The smallest absolute Gasteiger partial charge is 0.263 e. The fourth-order valence-electron chi connectivity index (χ4n) is 5.11. The molecule has 2 aliphatic rings. The van der Waals surface area contributed by atoms with Gasteiger partial charge in [-0.2, -0.15) is 0 Å². The molecule has 7 heteroatoms. The first-order chi connectivity index (χ1) is 15.0. The Morgan fingerprint density at radius 2 is 1.90 bits per heavy atom. The number of hydrogen-bond acceptors (Lipinski definition) is 4. The van der Waals surface area contributed by atoms with Crippen molar-refractivity contribution in [2.75, 3.05) is 13.1 Å². The lowest BCUT2D eigenvalue weighted by Crippen LogP contribution is -2.31. The monoisotopic (exact) mass is 436 g/mol. The molecule has 1 saturated heterocycles. The highest BCUT2D eigenvalue weighted by Gasteiger charge is 2.64. The van der Waals surface area contributed by atoms with Crippen LogP contribution in [0.2, 0.25) is 0 Å². The number of likely N-dealkylation sites (tertiary alicyclic amines) is 1. The van der Waals surface area contributed by atoms with Crippen LogP contribution < -0.4 is 5.73 Å². The van der Waals surface area contributed by atoms with E-state index in [1.54, 1.807) is 0 Å². The number of imidazole rings is 1. The lowest BCUT2D eigenvalue weighted by Gasteiger charge is -2.21. The second-order valence-corrected chi connectivity index (χ2v) is 10.0. The number of fused-ring (bicyclic) bond motifs is 1. The summed E-state index contributed by atoms with van der Waals surface area (Å²) in [5, 5.41) is 0. The molecule has 0 bridgehead atoms. The number of H-pyrrole nitrogens is 1. The van der Waals surface area contributed by atoms with Crippen molar-refractivity contribution in [1.82, 2.24) is 14.9 Å². The Morgan fingerprint density at radius 1 is 1.16 bits per heavy atom. The summed E-state index contributed by atoms with van der Waals surface area (Å²) in [7, 11) is 0. The van der Waals surface area contributed by atoms with Crippen LogP contribution in [0.5, 0.6) is 0 Å². The third-order valence-corrected chi connectivity index (χ3v) is 8.39. The van der Waals surface area contributed by atoms with Crippen LogP contribution in [0.1, 0.15) is 71.2 Å². The highest BCUT2D eigenvalue weighted by molar-refractivity contribution is 7.14. The van der Waals surface area contributed by atoms with Gasteiger partial charge in [0.15, 0.2) is 0 Å². The third kappa shape index (κ3) is 3.45. The SMILES string of the molecule is C[C@@H](c1ccc(C(=O)N2CCCCCC2)s1)C1(C(N)=O)CC1c1nc2ccccc2[nH]1. The zero-order valence-corrected chi connectivity index (χ0v) is 18.6. The van der Waals surface area contributed by atoms with E-state index in [0.717, 1.165) is 52.5 Å². The number of aromatic nitrogens is 2. The van der Waals surface area contributed by atoms with Gasteiger partial charge in [-0.05, 0) is 43.5 Å². The number of benzene rings is 1. The van der Waals surface area contributed by atoms with Crippen LogP contribution in [-0.2, 0) is 4.79 Å². The molecular formula is C24H28N4O2S. The van der Waals surface area contributed by atoms with Gasteiger partial charge >= 0.3 is 0 Å². The number of carbonyl (C=O) groups is 2. The molecule has 31 heavy (non-hydrogen) atoms. The molecule has 1 saturated carbocycles. The lowest BCUT2D eigenvalue weighted by molar-refractivity contribution is -0.124. The predicted molar refractivity (Wildman–Crippen MR) is 122 cm³/mol. The van der Waals surface area contributed by atoms with E-state index < -0.39 is 5.41 Å². The van der Waals surface area contributed by atoms with Crippen molar-refractivity contribution < 1.29 is 9.59 Å². The van der Waals surface area contributed by atoms with Crippen LogP contribution in [0.15, 0.2) is 36.4 Å². The number of carbonyl (C=O) groups excluding carboxylic acids is 2. The summed E-state index contributed by atoms with van der Waals surface area (Å²) in [6, 6.07) is 11.8. The molecule has 2 amide bonds. The lowest BCUT2D eigenvalue weighted by atomic mass is 9.86. The number of rotatable bonds is 5. The Morgan fingerprint density at radius 3 is 2.61 bits per heavy atom. The van der Waals surface area contributed by atoms with Gasteiger partial charge in [-0.3, -0.25) is 9.59 Å². The summed E-state index contributed by atoms with van der Waals surface area (Å²) >= 11 is 1.51. The maximum atomic E-state index is 13.0. The summed E-state index contributed by atoms with van der Waals surface area (Å²) in [5.41, 5.74) is 7.15. The number of para-hydroxylation sites is 2. The topological polar surface area (TPSA) is 92.1 Å². The summed E-state index contributed by atoms with van der Waals surface area (Å²) in [4.78, 5) is 37.5. The molecule has 1 aliphatic heterocycles. The van der Waals surface area contributed by atoms with Gasteiger partial charge in [-0.1, -0.05) is 31.9 Å². The molecule has 3 N–H and O–H groups in total. The average Bonchev–Trinajstić information content (AvgIpc) is 3.25. The summed E-state index contributed by atoms with van der Waals surface area (Å²) in [6.45, 7) is 3.72. The number of nitrogens with two attached hydrogens (primary N) is 1. The average molecular weight is 437 g/mol. The van der Waals surface area contributed by atoms with Gasteiger partial charge in [-0.15, -0.1) is 11.3 Å². The maximum absolute atomic E-state index is 13.0. The molecule has 3 atom stereocenters. The quantitative estimate of drug-likeness (QED) is 0.621. The molecule has 2 aromatic heterocycles. The van der Waals surface area contributed by atoms with Crippen molar-refractivity contribution >= 4 is 34.2 Å². The number of hydrogen-bond donors (Lipinski definition) is 2. The minimum Gasteiger partial charge on any atom is -0.369 e. The number of aromatic amines is 1. The minimum atomic E-state index is -0.665. The van der Waals surface area contributed by atoms with Gasteiger partial charge < -0.3 is 15.6 Å². The van der Waals surface area contributed by atoms with Gasteiger partial charge in [0.25, 0.3) is 5.91 Å². The first-order valence-electron chi connectivity index (χ1n) is 11.1. The molecule has 3 aromatic rings. The van der Waals surface area contributed by atoms with Gasteiger partial charge in [0.2, 0.25) is 5.91 Å². The first kappa shape index (κ1) is 20.2. The van der Waals surface area contributed by atoms with E-state index in [9.17, 15) is 9.59 Å². The van der Waals surface area contributed by atoms with E-state index in [2.05, 4.69) is 11.9 Å². The summed E-state index contributed by atoms with van der Waals surface area (Å²) < 4.78 is 0. The van der Waals surface area contributed by atoms with Crippen LogP contribution in [0.4, 0.5) is 0 Å². The fraction of sp³-hybridized carbons (Fsp3) is 0.458. The molecule has 0 spiro atoms. The number of nitrogens with zero attached hydrogens (tertiary/aromatic N) is 2. The van der Waals surface area contributed by atoms with Gasteiger partial charge in [0.1, 0.15) is 5.82 Å². The molecule has 162 valence electrons. The summed E-state index contributed by atoms with van der Waals surface area (Å²) in [6.07, 6.45) is 5.22. The van der Waals surface area contributed by atoms with Crippen LogP contribution in [0.3, 0.4) is 0 Å². The number of thiophene rings is 1. The third-order valence-electron chi connectivity index (χ3n) is 7.13. The predicted octanol–water partition coefficient (Wildman–Crippen LogP) is 4.40. The van der Waals surface area contributed by atoms with Gasteiger partial charge in [0, 0.05) is 29.8 Å². The zero-order valence-electron chi connectivity index (χ0n) is 17.8. The zero-order chi connectivity index (χ0) is 21.6. The van der Waals surface area contributed by atoms with E-state index in [1.165, 1.54) is 24.2 Å². The van der Waals surface area contributed by atoms with E-state index in [0.29, 0.717) is 6.42 Å². The van der Waals surface area contributed by atoms with Crippen LogP contribution in [0.25, 0.3) is 11.0 Å². The minimum absolute atomic E-state index is 0.0285. The molecule has 1 aliphatic carbocycles. The molecule has 3 heterocycles. The molecule has 2 fully saturated rings. The second kappa shape index (κ2) is 7.79. The fourth-order valence-corrected chi connectivity index (χ4v) is 6.23. The van der Waals surface area contributed by atoms with Gasteiger partial charge in [0.05, 0.1) is 21.3 Å². The Balaban J connectivity index is 1.39. The van der Waals surface area contributed by atoms with Crippen molar-refractivity contribution in [2.45, 2.75) is 50.9 Å². The van der Waals surface area contributed by atoms with E-state index in [-0.39, 0.29) is 23.7 Å². The largest absolute Gasteiger partial charge is 0.369 e. The molecule has 5 rings (SSSR count). The second-order valence-electron chi connectivity index (χ2n) is 8.93. The van der Waals surface area contributed by atoms with Crippen LogP contribution >= 0.6 is 11.3 Å². The van der Waals surface area contributed by atoms with Gasteiger partial charge in [-0.25, -0.2) is 4.98 Å². The van der Waals surface area contributed by atoms with Crippen molar-refractivity contribution in [2.24, 2.45) is 11.1 Å². The van der Waals surface area contributed by atoms with E-state index in [4.69, 9.17) is 10.7 Å². The van der Waals surface area contributed by atoms with Crippen molar-refractivity contribution in [3.05, 3.63) is 52.0 Å². The standard InChI is InChI=1S/C24H28N4O2S/c1-15(19-10-11-20(31-19)22(29)28-12-6-2-3-7-13-28)24(23(25)30)14-16(24)21-26-17-8-4-5-9-18(17)27-21/h4-5,8-11,15-16H,2-3,6-7,12-14H2,1H3,(H2,25,30)(H,26,27)/t15-,16?,24?/m0/s1. The van der Waals surface area contributed by atoms with Crippen LogP contribution in [-0.4, -0.2) is 39.8 Å². The Labute approximate surface area is 185 Å². The molecule has 2 unspecified atom stereocenters. The molecule has 6 nitrogen and oxygen atoms in total. The summed E-state index contributed by atoms with van der Waals surface area (Å²) in [5.74, 6) is 0.546. The van der Waals surface area contributed by atoms with Crippen LogP contribution in [0, 0.1) is 5.41 Å². The van der Waals surface area contributed by atoms with Crippen molar-refractivity contribution in [1.29, 1.82) is 0 Å². The van der Waals surface area contributed by atoms with Crippen molar-refractivity contribution in [3.8, 4) is 0 Å². The Hall–Kier alpha value is -2.67. The first-order valence-corrected chi connectivity index (χ1v) is 12.0. The highest BCUT2D eigenvalue weighted by Crippen LogP contribution is 2.66. The highest BCUT2D eigenvalue weighted by atomic mass is 32.1. The normalized spacial score (nSPS) is 24.7. The Kier molecular flexibility index (Phi) is 5.08. The van der Waals surface area contributed by atoms with Crippen molar-refractivity contribution in [3.63, 3.8) is 0 Å². The number of amides is 2. The number of nitrogens with one attached hydrogen (secondary N) is 1. The molecule has 1 aromatic carbocycles. The number of primary amides is 1. The van der Waals surface area contributed by atoms with E-state index in [1.807, 2.05) is 41.3 Å². The maximum Gasteiger partial charge on any atom is 0.263 e. The molecule has 0 radical (unpaired) electrons. The Bertz CT molecular complexity index is 1090.